The van der Waals surface area contributed by atoms with Crippen LogP contribution in [-0.2, 0) is 0 Å². The van der Waals surface area contributed by atoms with Crippen molar-refractivity contribution in [2.24, 2.45) is 0 Å². The van der Waals surface area contributed by atoms with Crippen molar-refractivity contribution in [3.8, 4) is 35.4 Å². The number of benzene rings is 2. The molecule has 6 heterocycles. The maximum Gasteiger partial charge on any atom is 0.319 e. The molecule has 9 heteroatoms. The van der Waals surface area contributed by atoms with Crippen molar-refractivity contribution >= 4 is 27.5 Å². The van der Waals surface area contributed by atoms with Gasteiger partial charge in [0.2, 0.25) is 0 Å². The Kier molecular flexibility index (Phi) is 6.47. The molecule has 3 unspecified atom stereocenters. The normalized spacial score (nSPS) is 25.0. The predicted octanol–water partition coefficient (Wildman–Crippen LogP) is 5.18. The largest absolute Gasteiger partial charge is 0.508 e. The number of fused-ring (bicyclic) bond motifs is 5. The predicted molar refractivity (Wildman–Crippen MR) is 169 cm³/mol. The number of piperazine rings is 1. The number of rotatable bonds is 5. The highest BCUT2D eigenvalue weighted by Gasteiger charge is 2.44. The Morgan fingerprint density at radius 3 is 2.84 bits per heavy atom. The van der Waals surface area contributed by atoms with E-state index in [9.17, 15) is 5.11 Å². The van der Waals surface area contributed by atoms with Crippen LogP contribution < -0.4 is 15.0 Å². The van der Waals surface area contributed by atoms with Gasteiger partial charge in [0.05, 0.1) is 10.9 Å². The van der Waals surface area contributed by atoms with Crippen LogP contribution in [0.25, 0.3) is 32.9 Å². The molecule has 0 amide bonds. The summed E-state index contributed by atoms with van der Waals surface area (Å²) >= 11 is 0. The monoisotopic (exact) mass is 590 g/mol. The van der Waals surface area contributed by atoms with Crippen LogP contribution in [0.15, 0.2) is 48.7 Å². The maximum absolute atomic E-state index is 16.8. The average Bonchev–Trinajstić information content (AvgIpc) is 3.60. The van der Waals surface area contributed by atoms with Gasteiger partial charge in [0.25, 0.3) is 0 Å². The molecule has 3 atom stereocenters. The van der Waals surface area contributed by atoms with Crippen molar-refractivity contribution < 1.29 is 14.2 Å². The molecule has 2 aromatic carbocycles. The lowest BCUT2D eigenvalue weighted by atomic mass is 9.86. The molecule has 2 N–H and O–H groups in total. The fraction of sp³-hybridized carbons (Fsp3) is 0.400. The van der Waals surface area contributed by atoms with Crippen LogP contribution >= 0.6 is 0 Å². The highest BCUT2D eigenvalue weighted by atomic mass is 19.1. The third-order valence-corrected chi connectivity index (χ3v) is 10.1. The second-order valence-corrected chi connectivity index (χ2v) is 12.9. The summed E-state index contributed by atoms with van der Waals surface area (Å²) in [5.41, 5.74) is 2.41. The van der Waals surface area contributed by atoms with E-state index in [-0.39, 0.29) is 28.5 Å². The van der Waals surface area contributed by atoms with Gasteiger partial charge in [-0.25, -0.2) is 4.39 Å². The smallest absolute Gasteiger partial charge is 0.319 e. The fourth-order valence-corrected chi connectivity index (χ4v) is 7.92. The van der Waals surface area contributed by atoms with Crippen molar-refractivity contribution in [3.63, 3.8) is 0 Å². The van der Waals surface area contributed by atoms with E-state index in [1.807, 2.05) is 12.1 Å². The molecule has 4 fully saturated rings. The van der Waals surface area contributed by atoms with E-state index >= 15 is 4.39 Å². The van der Waals surface area contributed by atoms with Gasteiger partial charge in [-0.05, 0) is 68.7 Å². The van der Waals surface area contributed by atoms with Crippen molar-refractivity contribution in [1.29, 1.82) is 0 Å². The number of anilines is 1. The zero-order valence-electron chi connectivity index (χ0n) is 24.7. The van der Waals surface area contributed by atoms with Crippen LogP contribution in [0.1, 0.15) is 44.1 Å². The molecule has 8 nitrogen and oxygen atoms in total. The van der Waals surface area contributed by atoms with Gasteiger partial charge >= 0.3 is 6.01 Å². The number of nitrogens with one attached hydrogen (secondary N) is 1. The van der Waals surface area contributed by atoms with E-state index in [2.05, 4.69) is 32.6 Å². The number of halogens is 1. The number of aromatic nitrogens is 3. The Labute approximate surface area is 256 Å². The number of ether oxygens (including phenoxy) is 1. The molecule has 0 aliphatic carbocycles. The Hall–Kier alpha value is -4.26. The van der Waals surface area contributed by atoms with E-state index in [0.29, 0.717) is 51.8 Å². The molecule has 2 aromatic heterocycles. The number of terminal acetylenes is 1. The minimum absolute atomic E-state index is 0.00203. The van der Waals surface area contributed by atoms with E-state index in [1.165, 1.54) is 11.6 Å². The first kappa shape index (κ1) is 27.3. The molecular weight excluding hydrogens is 555 g/mol. The lowest BCUT2D eigenvalue weighted by Crippen LogP contribution is -2.52. The van der Waals surface area contributed by atoms with E-state index in [4.69, 9.17) is 21.1 Å². The van der Waals surface area contributed by atoms with Gasteiger partial charge in [0, 0.05) is 54.4 Å². The van der Waals surface area contributed by atoms with Gasteiger partial charge < -0.3 is 20.1 Å². The van der Waals surface area contributed by atoms with Crippen LogP contribution in [0, 0.1) is 18.2 Å². The molecule has 0 saturated carbocycles. The van der Waals surface area contributed by atoms with Gasteiger partial charge in [-0.15, -0.1) is 6.42 Å². The number of hydrogen-bond donors (Lipinski definition) is 2. The standard InChI is InChI=1S/C35H35FN6O2/c1-3-22-6-4-7-23-14-26(43)15-27(29(22)23)31-30(36)32-28(16-37-31)33(41-18-24-8-9-25(19-41)38-24)40-34(39-32)44-20-35-11-5-13-42(35)17-21(2)10-12-35/h1,4,6-7,14-16,24-25,38,43H,2,5,8-13,17-20H2. The summed E-state index contributed by atoms with van der Waals surface area (Å²) in [5, 5.41) is 16.1. The quantitative estimate of drug-likeness (QED) is 0.243. The summed E-state index contributed by atoms with van der Waals surface area (Å²) in [5.74, 6) is 2.75. The van der Waals surface area contributed by atoms with Gasteiger partial charge in [-0.1, -0.05) is 30.2 Å². The summed E-state index contributed by atoms with van der Waals surface area (Å²) in [7, 11) is 0. The first-order valence-corrected chi connectivity index (χ1v) is 15.6. The second kappa shape index (κ2) is 10.4. The maximum atomic E-state index is 16.8. The van der Waals surface area contributed by atoms with Crippen molar-refractivity contribution in [2.75, 3.05) is 37.7 Å². The molecule has 2 bridgehead atoms. The van der Waals surface area contributed by atoms with Crippen LogP contribution in [0.5, 0.6) is 11.8 Å². The number of piperidine rings is 1. The number of aromatic hydroxyl groups is 1. The fourth-order valence-electron chi connectivity index (χ4n) is 7.92. The van der Waals surface area contributed by atoms with Crippen LogP contribution in [0.2, 0.25) is 0 Å². The van der Waals surface area contributed by atoms with E-state index in [0.717, 1.165) is 64.7 Å². The average molecular weight is 591 g/mol. The minimum Gasteiger partial charge on any atom is -0.508 e. The van der Waals surface area contributed by atoms with Gasteiger partial charge in [-0.3, -0.25) is 9.88 Å². The molecular formula is C35H35FN6O2. The Balaban J connectivity index is 1.26. The molecule has 4 aliphatic heterocycles. The van der Waals surface area contributed by atoms with Gasteiger partial charge in [-0.2, -0.15) is 9.97 Å². The second-order valence-electron chi connectivity index (χ2n) is 12.9. The molecule has 0 spiro atoms. The third-order valence-electron chi connectivity index (χ3n) is 10.1. The molecule has 44 heavy (non-hydrogen) atoms. The number of pyridine rings is 1. The molecule has 4 aromatic rings. The lowest BCUT2D eigenvalue weighted by Gasteiger charge is -2.42. The SMILES string of the molecule is C#Cc1cccc2cc(O)cc(-c3ncc4c(N5CC6CCC(C5)N6)nc(OCC56CCCN5CC(=C)CC6)nc4c3F)c12. The summed E-state index contributed by atoms with van der Waals surface area (Å²) in [4.78, 5) is 18.9. The molecule has 4 aliphatic rings. The number of phenolic OH excluding ortho intramolecular Hbond substituents is 1. The number of hydrogen-bond acceptors (Lipinski definition) is 8. The first-order valence-electron chi connectivity index (χ1n) is 15.6. The van der Waals surface area contributed by atoms with Crippen molar-refractivity contribution in [1.82, 2.24) is 25.2 Å². The molecule has 8 rings (SSSR count). The van der Waals surface area contributed by atoms with Crippen molar-refractivity contribution in [3.05, 3.63) is 60.1 Å². The summed E-state index contributed by atoms with van der Waals surface area (Å²) < 4.78 is 23.2. The first-order chi connectivity index (χ1) is 21.4. The van der Waals surface area contributed by atoms with E-state index < -0.39 is 5.82 Å². The molecule has 0 radical (unpaired) electrons. The highest BCUT2D eigenvalue weighted by Crippen LogP contribution is 2.41. The van der Waals surface area contributed by atoms with E-state index in [1.54, 1.807) is 18.3 Å². The number of phenols is 1. The van der Waals surface area contributed by atoms with Crippen LogP contribution in [0.3, 0.4) is 0 Å². The molecule has 4 saturated heterocycles. The van der Waals surface area contributed by atoms with Gasteiger partial charge in [0.1, 0.15) is 29.4 Å². The topological polar surface area (TPSA) is 86.6 Å². The summed E-state index contributed by atoms with van der Waals surface area (Å²) in [6.45, 7) is 8.12. The third kappa shape index (κ3) is 4.47. The lowest BCUT2D eigenvalue weighted by molar-refractivity contribution is 0.0559. The highest BCUT2D eigenvalue weighted by molar-refractivity contribution is 6.02. The summed E-state index contributed by atoms with van der Waals surface area (Å²) in [6, 6.07) is 9.50. The summed E-state index contributed by atoms with van der Waals surface area (Å²) in [6.07, 6.45) is 13.8. The van der Waals surface area contributed by atoms with Crippen LogP contribution in [0.4, 0.5) is 10.2 Å². The van der Waals surface area contributed by atoms with Gasteiger partial charge in [0.15, 0.2) is 5.82 Å². The zero-order chi connectivity index (χ0) is 30.0. The Bertz CT molecular complexity index is 1860. The Morgan fingerprint density at radius 2 is 2.02 bits per heavy atom. The van der Waals surface area contributed by atoms with Crippen molar-refractivity contribution in [2.45, 2.75) is 56.1 Å². The minimum atomic E-state index is -0.595. The zero-order valence-corrected chi connectivity index (χ0v) is 24.7. The van der Waals surface area contributed by atoms with Crippen LogP contribution in [-0.4, -0.2) is 75.4 Å². The molecule has 224 valence electrons. The Morgan fingerprint density at radius 1 is 1.18 bits per heavy atom. The number of nitrogens with zero attached hydrogens (tertiary/aromatic N) is 5.